The highest BCUT2D eigenvalue weighted by atomic mass is 32.1. The number of thiophene rings is 1. The number of anilines is 3. The second-order valence-electron chi connectivity index (χ2n) is 5.53. The van der Waals surface area contributed by atoms with E-state index < -0.39 is 0 Å². The van der Waals surface area contributed by atoms with Crippen LogP contribution in [-0.2, 0) is 0 Å². The summed E-state index contributed by atoms with van der Waals surface area (Å²) in [5.74, 6) is 0. The predicted molar refractivity (Wildman–Crippen MR) is 103 cm³/mol. The van der Waals surface area contributed by atoms with Crippen LogP contribution in [0.2, 0.25) is 0 Å². The van der Waals surface area contributed by atoms with Crippen molar-refractivity contribution in [2.24, 2.45) is 0 Å². The summed E-state index contributed by atoms with van der Waals surface area (Å²) in [5, 5.41) is 9.89. The summed E-state index contributed by atoms with van der Waals surface area (Å²) in [6.45, 7) is 4.21. The second kappa shape index (κ2) is 6.08. The van der Waals surface area contributed by atoms with E-state index >= 15 is 0 Å². The summed E-state index contributed by atoms with van der Waals surface area (Å²) >= 11 is 1.80. The quantitative estimate of drug-likeness (QED) is 0.650. The van der Waals surface area contributed by atoms with Crippen molar-refractivity contribution in [3.05, 3.63) is 34.8 Å². The van der Waals surface area contributed by atoms with Gasteiger partial charge in [0.25, 0.3) is 0 Å². The number of aryl methyl sites for hydroxylation is 2. The van der Waals surface area contributed by atoms with E-state index in [0.29, 0.717) is 0 Å². The highest BCUT2D eigenvalue weighted by Crippen LogP contribution is 2.45. The third-order valence-electron chi connectivity index (χ3n) is 4.07. The van der Waals surface area contributed by atoms with E-state index in [-0.39, 0.29) is 0 Å². The van der Waals surface area contributed by atoms with E-state index in [1.165, 1.54) is 20.7 Å². The smallest absolute Gasteiger partial charge is 0.0895 e. The van der Waals surface area contributed by atoms with E-state index in [0.717, 1.165) is 28.3 Å². The summed E-state index contributed by atoms with van der Waals surface area (Å²) in [7, 11) is 5.85. The number of pyridine rings is 1. The molecule has 3 rings (SSSR count). The first kappa shape index (κ1) is 15.6. The van der Waals surface area contributed by atoms with Crippen LogP contribution in [0.1, 0.15) is 10.6 Å². The zero-order chi connectivity index (χ0) is 16.6. The second-order valence-corrected chi connectivity index (χ2v) is 6.79. The number of benzene rings is 1. The van der Waals surface area contributed by atoms with Gasteiger partial charge in [0.15, 0.2) is 0 Å². The maximum Gasteiger partial charge on any atom is 0.0895 e. The van der Waals surface area contributed by atoms with Crippen molar-refractivity contribution >= 4 is 38.6 Å². The standard InChI is InChI=1S/C18H22N4S/c1-10-6-7-15-18(22-10)16(11(2)23-15)17-13(20-4)8-12(19-3)9-14(17)21-5/h6-9,19-21H,1-5H3. The van der Waals surface area contributed by atoms with Gasteiger partial charge >= 0.3 is 0 Å². The van der Waals surface area contributed by atoms with Crippen LogP contribution in [0.3, 0.4) is 0 Å². The SMILES string of the molecule is CNc1cc(NC)c(-c2c(C)sc3ccc(C)nc23)c(NC)c1. The topological polar surface area (TPSA) is 49.0 Å². The maximum atomic E-state index is 4.81. The molecule has 23 heavy (non-hydrogen) atoms. The molecule has 0 aliphatic rings. The van der Waals surface area contributed by atoms with E-state index in [1.807, 2.05) is 28.1 Å². The lowest BCUT2D eigenvalue weighted by Gasteiger charge is -2.17. The van der Waals surface area contributed by atoms with Crippen LogP contribution in [0.4, 0.5) is 17.1 Å². The normalized spacial score (nSPS) is 10.8. The van der Waals surface area contributed by atoms with Gasteiger partial charge in [0.1, 0.15) is 0 Å². The van der Waals surface area contributed by atoms with Crippen LogP contribution in [0.15, 0.2) is 24.3 Å². The average Bonchev–Trinajstić information content (AvgIpc) is 2.88. The lowest BCUT2D eigenvalue weighted by atomic mass is 9.99. The molecule has 0 aliphatic carbocycles. The summed E-state index contributed by atoms with van der Waals surface area (Å²) in [6, 6.07) is 8.51. The number of hydrogen-bond acceptors (Lipinski definition) is 5. The summed E-state index contributed by atoms with van der Waals surface area (Å²) in [6.07, 6.45) is 0. The molecule has 0 spiro atoms. The van der Waals surface area contributed by atoms with Gasteiger partial charge in [0.2, 0.25) is 0 Å². The molecule has 0 saturated carbocycles. The first-order chi connectivity index (χ1) is 11.1. The number of nitrogens with one attached hydrogen (secondary N) is 3. The van der Waals surface area contributed by atoms with E-state index in [4.69, 9.17) is 4.98 Å². The molecule has 2 heterocycles. The molecule has 0 fully saturated rings. The molecule has 2 aromatic heterocycles. The Kier molecular flexibility index (Phi) is 4.13. The van der Waals surface area contributed by atoms with Crippen LogP contribution in [-0.4, -0.2) is 26.1 Å². The van der Waals surface area contributed by atoms with Crippen LogP contribution >= 0.6 is 11.3 Å². The monoisotopic (exact) mass is 326 g/mol. The average molecular weight is 326 g/mol. The van der Waals surface area contributed by atoms with Gasteiger partial charge in [-0.15, -0.1) is 11.3 Å². The molecule has 3 aromatic rings. The molecule has 4 nitrogen and oxygen atoms in total. The van der Waals surface area contributed by atoms with Crippen LogP contribution in [0.25, 0.3) is 21.3 Å². The minimum atomic E-state index is 1.04. The van der Waals surface area contributed by atoms with Crippen molar-refractivity contribution in [3.8, 4) is 11.1 Å². The largest absolute Gasteiger partial charge is 0.388 e. The molecule has 0 unspecified atom stereocenters. The van der Waals surface area contributed by atoms with E-state index in [2.05, 4.69) is 47.1 Å². The molecular weight excluding hydrogens is 304 g/mol. The predicted octanol–water partition coefficient (Wildman–Crippen LogP) is 4.71. The van der Waals surface area contributed by atoms with E-state index in [1.54, 1.807) is 11.3 Å². The van der Waals surface area contributed by atoms with Gasteiger partial charge in [-0.2, -0.15) is 0 Å². The van der Waals surface area contributed by atoms with Gasteiger partial charge in [-0.3, -0.25) is 4.98 Å². The van der Waals surface area contributed by atoms with Gasteiger partial charge in [0.05, 0.1) is 10.2 Å². The molecule has 0 atom stereocenters. The zero-order valence-corrected chi connectivity index (χ0v) is 15.0. The van der Waals surface area contributed by atoms with Gasteiger partial charge in [-0.05, 0) is 38.1 Å². The number of hydrogen-bond donors (Lipinski definition) is 3. The molecule has 0 aliphatic heterocycles. The van der Waals surface area contributed by atoms with Crippen LogP contribution in [0.5, 0.6) is 0 Å². The Bertz CT molecular complexity index is 842. The Hall–Kier alpha value is -2.27. The Balaban J connectivity index is 2.38. The fourth-order valence-electron chi connectivity index (χ4n) is 2.93. The third kappa shape index (κ3) is 2.61. The fraction of sp³-hybridized carbons (Fsp3) is 0.278. The highest BCUT2D eigenvalue weighted by Gasteiger charge is 2.19. The highest BCUT2D eigenvalue weighted by molar-refractivity contribution is 7.19. The number of aromatic nitrogens is 1. The Morgan fingerprint density at radius 1 is 0.870 bits per heavy atom. The zero-order valence-electron chi connectivity index (χ0n) is 14.2. The molecular formula is C18H22N4S. The van der Waals surface area contributed by atoms with Crippen LogP contribution < -0.4 is 16.0 Å². The van der Waals surface area contributed by atoms with Gasteiger partial charge in [-0.25, -0.2) is 0 Å². The molecule has 0 amide bonds. The Morgan fingerprint density at radius 2 is 1.52 bits per heavy atom. The molecule has 0 saturated heterocycles. The summed E-state index contributed by atoms with van der Waals surface area (Å²) < 4.78 is 1.23. The minimum Gasteiger partial charge on any atom is -0.388 e. The van der Waals surface area contributed by atoms with Crippen molar-refractivity contribution in [2.45, 2.75) is 13.8 Å². The lowest BCUT2D eigenvalue weighted by Crippen LogP contribution is -2.01. The van der Waals surface area contributed by atoms with Crippen molar-refractivity contribution < 1.29 is 0 Å². The summed E-state index contributed by atoms with van der Waals surface area (Å²) in [4.78, 5) is 6.09. The van der Waals surface area contributed by atoms with Crippen LogP contribution in [0, 0.1) is 13.8 Å². The number of rotatable bonds is 4. The first-order valence-corrected chi connectivity index (χ1v) is 8.49. The Morgan fingerprint density at radius 3 is 2.09 bits per heavy atom. The van der Waals surface area contributed by atoms with Crippen molar-refractivity contribution in [1.29, 1.82) is 0 Å². The molecule has 0 radical (unpaired) electrons. The van der Waals surface area contributed by atoms with Gasteiger partial charge < -0.3 is 16.0 Å². The molecule has 1 aromatic carbocycles. The van der Waals surface area contributed by atoms with E-state index in [9.17, 15) is 0 Å². The van der Waals surface area contributed by atoms with Gasteiger partial charge in [0, 0.05) is 59.9 Å². The number of nitrogens with zero attached hydrogens (tertiary/aromatic N) is 1. The molecule has 0 bridgehead atoms. The first-order valence-electron chi connectivity index (χ1n) is 7.67. The van der Waals surface area contributed by atoms with Crippen molar-refractivity contribution in [1.82, 2.24) is 4.98 Å². The molecule has 3 N–H and O–H groups in total. The number of fused-ring (bicyclic) bond motifs is 1. The third-order valence-corrected chi connectivity index (χ3v) is 5.12. The lowest BCUT2D eigenvalue weighted by molar-refractivity contribution is 1.26. The fourth-order valence-corrected chi connectivity index (χ4v) is 3.94. The molecule has 5 heteroatoms. The summed E-state index contributed by atoms with van der Waals surface area (Å²) in [5.41, 5.74) is 7.77. The minimum absolute atomic E-state index is 1.04. The van der Waals surface area contributed by atoms with Gasteiger partial charge in [-0.1, -0.05) is 0 Å². The maximum absolute atomic E-state index is 4.81. The molecule has 120 valence electrons. The van der Waals surface area contributed by atoms with Crippen molar-refractivity contribution in [3.63, 3.8) is 0 Å². The van der Waals surface area contributed by atoms with Crippen molar-refractivity contribution in [2.75, 3.05) is 37.1 Å². The Labute approximate surface area is 141 Å².